The first-order chi connectivity index (χ1) is 13.4. The van der Waals surface area contributed by atoms with Gasteiger partial charge in [0.25, 0.3) is 0 Å². The third kappa shape index (κ3) is 5.06. The van der Waals surface area contributed by atoms with Crippen LogP contribution < -0.4 is 10.6 Å². The minimum Gasteiger partial charge on any atom is -0.347 e. The molecule has 7 heteroatoms. The predicted octanol–water partition coefficient (Wildman–Crippen LogP) is 2.68. The lowest BCUT2D eigenvalue weighted by Crippen LogP contribution is -2.44. The summed E-state index contributed by atoms with van der Waals surface area (Å²) in [5, 5.41) is 5.97. The Labute approximate surface area is 165 Å². The first kappa shape index (κ1) is 19.8. The summed E-state index contributed by atoms with van der Waals surface area (Å²) in [4.78, 5) is 34.4. The molecule has 0 bridgehead atoms. The normalized spacial score (nSPS) is 16.5. The molecule has 2 aromatic heterocycles. The van der Waals surface area contributed by atoms with Gasteiger partial charge in [0, 0.05) is 49.2 Å². The molecule has 0 saturated carbocycles. The number of nitrogens with zero attached hydrogens (tertiary/aromatic N) is 3. The van der Waals surface area contributed by atoms with Crippen molar-refractivity contribution < 1.29 is 9.59 Å². The summed E-state index contributed by atoms with van der Waals surface area (Å²) in [5.41, 5.74) is 3.93. The Morgan fingerprint density at radius 3 is 2.86 bits per heavy atom. The number of pyridine rings is 2. The summed E-state index contributed by atoms with van der Waals surface area (Å²) in [6, 6.07) is 7.98. The number of piperidine rings is 1. The van der Waals surface area contributed by atoms with Gasteiger partial charge in [0.2, 0.25) is 11.8 Å². The lowest BCUT2D eigenvalue weighted by molar-refractivity contribution is -0.133. The van der Waals surface area contributed by atoms with E-state index in [0.29, 0.717) is 6.54 Å². The van der Waals surface area contributed by atoms with Crippen molar-refractivity contribution in [2.24, 2.45) is 0 Å². The Balaban J connectivity index is 1.74. The number of anilines is 2. The zero-order valence-electron chi connectivity index (χ0n) is 16.7. The van der Waals surface area contributed by atoms with Crippen molar-refractivity contribution >= 4 is 23.3 Å². The van der Waals surface area contributed by atoms with Crippen LogP contribution >= 0.6 is 0 Å². The number of likely N-dealkylation sites (tertiary alicyclic amines) is 1. The van der Waals surface area contributed by atoms with Crippen molar-refractivity contribution in [2.75, 3.05) is 25.0 Å². The van der Waals surface area contributed by atoms with Crippen LogP contribution in [0.4, 0.5) is 11.5 Å². The van der Waals surface area contributed by atoms with Gasteiger partial charge < -0.3 is 15.5 Å². The standard InChI is InChI=1S/C21H27N5O2/c1-14-6-4-8-22-21(14)25-18-10-15(2)24-19(11-18)17-7-5-9-26(13-17)20(28)12-23-16(3)27/h4,6,8,10-11,17H,5,7,9,12-13H2,1-3H3,(H,23,27)(H,22,24,25). The number of aromatic nitrogens is 2. The first-order valence-corrected chi connectivity index (χ1v) is 9.62. The fourth-order valence-electron chi connectivity index (χ4n) is 3.49. The molecule has 1 unspecified atom stereocenters. The van der Waals surface area contributed by atoms with E-state index in [0.717, 1.165) is 47.8 Å². The average molecular weight is 381 g/mol. The maximum atomic E-state index is 12.4. The highest BCUT2D eigenvalue weighted by Gasteiger charge is 2.26. The van der Waals surface area contributed by atoms with Crippen LogP contribution in [-0.2, 0) is 9.59 Å². The molecule has 3 rings (SSSR count). The molecule has 2 aromatic rings. The SMILES string of the molecule is CC(=O)NCC(=O)N1CCCC(c2cc(Nc3ncccc3C)cc(C)n2)C1. The van der Waals surface area contributed by atoms with Gasteiger partial charge in [0.05, 0.1) is 6.54 Å². The molecule has 0 aromatic carbocycles. The van der Waals surface area contributed by atoms with E-state index in [1.165, 1.54) is 6.92 Å². The first-order valence-electron chi connectivity index (χ1n) is 9.62. The van der Waals surface area contributed by atoms with E-state index >= 15 is 0 Å². The van der Waals surface area contributed by atoms with Crippen molar-refractivity contribution in [3.8, 4) is 0 Å². The van der Waals surface area contributed by atoms with E-state index in [-0.39, 0.29) is 24.3 Å². The quantitative estimate of drug-likeness (QED) is 0.831. The van der Waals surface area contributed by atoms with Gasteiger partial charge in [-0.15, -0.1) is 0 Å². The maximum absolute atomic E-state index is 12.4. The summed E-state index contributed by atoms with van der Waals surface area (Å²) >= 11 is 0. The molecule has 1 atom stereocenters. The summed E-state index contributed by atoms with van der Waals surface area (Å²) < 4.78 is 0. The molecule has 1 fully saturated rings. The van der Waals surface area contributed by atoms with Crippen LogP contribution in [0, 0.1) is 13.8 Å². The Hall–Kier alpha value is -2.96. The zero-order chi connectivity index (χ0) is 20.1. The molecule has 1 aliphatic heterocycles. The molecule has 2 amide bonds. The second-order valence-corrected chi connectivity index (χ2v) is 7.30. The summed E-state index contributed by atoms with van der Waals surface area (Å²) in [5.74, 6) is 0.771. The largest absolute Gasteiger partial charge is 0.347 e. The van der Waals surface area contributed by atoms with Gasteiger partial charge in [0.15, 0.2) is 0 Å². The maximum Gasteiger partial charge on any atom is 0.241 e. The highest BCUT2D eigenvalue weighted by Crippen LogP contribution is 2.29. The fraction of sp³-hybridized carbons (Fsp3) is 0.429. The Morgan fingerprint density at radius 2 is 2.11 bits per heavy atom. The highest BCUT2D eigenvalue weighted by molar-refractivity contribution is 5.83. The molecule has 7 nitrogen and oxygen atoms in total. The van der Waals surface area contributed by atoms with Crippen LogP contribution in [0.15, 0.2) is 30.5 Å². The van der Waals surface area contributed by atoms with Gasteiger partial charge >= 0.3 is 0 Å². The number of amides is 2. The molecule has 0 spiro atoms. The van der Waals surface area contributed by atoms with E-state index in [2.05, 4.69) is 15.6 Å². The number of carbonyl (C=O) groups excluding carboxylic acids is 2. The van der Waals surface area contributed by atoms with Crippen LogP contribution in [0.25, 0.3) is 0 Å². The van der Waals surface area contributed by atoms with E-state index in [9.17, 15) is 9.59 Å². The molecular formula is C21H27N5O2. The number of hydrogen-bond donors (Lipinski definition) is 2. The Bertz CT molecular complexity index is 868. The molecule has 1 saturated heterocycles. The van der Waals surface area contributed by atoms with Crippen molar-refractivity contribution in [1.29, 1.82) is 0 Å². The van der Waals surface area contributed by atoms with Gasteiger partial charge in [-0.25, -0.2) is 4.98 Å². The minimum absolute atomic E-state index is 0.0463. The molecule has 2 N–H and O–H groups in total. The van der Waals surface area contributed by atoms with Crippen LogP contribution in [-0.4, -0.2) is 46.3 Å². The van der Waals surface area contributed by atoms with Gasteiger partial charge in [0.1, 0.15) is 5.82 Å². The van der Waals surface area contributed by atoms with Crippen LogP contribution in [0.1, 0.15) is 42.6 Å². The van der Waals surface area contributed by atoms with Crippen molar-refractivity contribution in [3.05, 3.63) is 47.4 Å². The average Bonchev–Trinajstić information content (AvgIpc) is 2.67. The number of aryl methyl sites for hydroxylation is 2. The zero-order valence-corrected chi connectivity index (χ0v) is 16.7. The van der Waals surface area contributed by atoms with E-state index in [1.807, 2.05) is 43.0 Å². The van der Waals surface area contributed by atoms with Gasteiger partial charge in [-0.1, -0.05) is 6.07 Å². The molecule has 148 valence electrons. The summed E-state index contributed by atoms with van der Waals surface area (Å²) in [6.07, 6.45) is 3.68. The van der Waals surface area contributed by atoms with E-state index in [4.69, 9.17) is 4.98 Å². The minimum atomic E-state index is -0.192. The molecule has 0 radical (unpaired) electrons. The second kappa shape index (κ2) is 8.82. The van der Waals surface area contributed by atoms with Gasteiger partial charge in [-0.3, -0.25) is 14.6 Å². The number of hydrogen-bond acceptors (Lipinski definition) is 5. The number of carbonyl (C=O) groups is 2. The molecule has 0 aliphatic carbocycles. The van der Waals surface area contributed by atoms with Crippen LogP contribution in [0.2, 0.25) is 0 Å². The molecule has 28 heavy (non-hydrogen) atoms. The number of rotatable bonds is 5. The number of nitrogens with one attached hydrogen (secondary N) is 2. The topological polar surface area (TPSA) is 87.2 Å². The molecule has 1 aliphatic rings. The summed E-state index contributed by atoms with van der Waals surface area (Å²) in [6.45, 7) is 6.80. The van der Waals surface area contributed by atoms with Crippen molar-refractivity contribution in [2.45, 2.75) is 39.5 Å². The third-order valence-electron chi connectivity index (χ3n) is 4.93. The molecular weight excluding hydrogens is 354 g/mol. The smallest absolute Gasteiger partial charge is 0.241 e. The summed E-state index contributed by atoms with van der Waals surface area (Å²) in [7, 11) is 0. The Morgan fingerprint density at radius 1 is 1.29 bits per heavy atom. The monoisotopic (exact) mass is 381 g/mol. The van der Waals surface area contributed by atoms with E-state index < -0.39 is 0 Å². The lowest BCUT2D eigenvalue weighted by Gasteiger charge is -2.33. The predicted molar refractivity (Wildman–Crippen MR) is 108 cm³/mol. The van der Waals surface area contributed by atoms with Gasteiger partial charge in [-0.2, -0.15) is 0 Å². The van der Waals surface area contributed by atoms with Crippen LogP contribution in [0.3, 0.4) is 0 Å². The van der Waals surface area contributed by atoms with Gasteiger partial charge in [-0.05, 0) is 50.5 Å². The van der Waals surface area contributed by atoms with Crippen molar-refractivity contribution in [3.63, 3.8) is 0 Å². The highest BCUT2D eigenvalue weighted by atomic mass is 16.2. The van der Waals surface area contributed by atoms with E-state index in [1.54, 1.807) is 6.20 Å². The lowest BCUT2D eigenvalue weighted by atomic mass is 9.93. The molecule has 3 heterocycles. The second-order valence-electron chi connectivity index (χ2n) is 7.30. The Kier molecular flexibility index (Phi) is 6.23. The fourth-order valence-corrected chi connectivity index (χ4v) is 3.49. The van der Waals surface area contributed by atoms with Crippen LogP contribution in [0.5, 0.6) is 0 Å². The third-order valence-corrected chi connectivity index (χ3v) is 4.93. The van der Waals surface area contributed by atoms with Crippen molar-refractivity contribution in [1.82, 2.24) is 20.2 Å².